The molecule has 0 radical (unpaired) electrons. The van der Waals surface area contributed by atoms with Gasteiger partial charge < -0.3 is 26.0 Å². The maximum Gasteiger partial charge on any atom is 0.353 e. The third kappa shape index (κ3) is 5.22. The third-order valence-corrected chi connectivity index (χ3v) is 4.98. The lowest BCUT2D eigenvalue weighted by molar-refractivity contribution is -0.383. The molecule has 0 aliphatic rings. The predicted molar refractivity (Wildman–Crippen MR) is 125 cm³/mol. The van der Waals surface area contributed by atoms with E-state index in [9.17, 15) is 10.1 Å². The highest BCUT2D eigenvalue weighted by Crippen LogP contribution is 2.32. The maximum atomic E-state index is 11.6. The van der Waals surface area contributed by atoms with Gasteiger partial charge in [0.05, 0.1) is 18.1 Å². The molecule has 0 unspecified atom stereocenters. The number of rotatable bonds is 9. The molecule has 0 saturated carbocycles. The minimum absolute atomic E-state index is 0.0209. The van der Waals surface area contributed by atoms with E-state index in [4.69, 9.17) is 10.5 Å². The number of para-hydroxylation sites is 1. The van der Waals surface area contributed by atoms with Crippen molar-refractivity contribution in [1.29, 1.82) is 0 Å². The van der Waals surface area contributed by atoms with Gasteiger partial charge in [0.2, 0.25) is 17.6 Å². The molecule has 3 aromatic rings. The van der Waals surface area contributed by atoms with E-state index < -0.39 is 4.92 Å². The van der Waals surface area contributed by atoms with Gasteiger partial charge in [-0.15, -0.1) is 0 Å². The van der Waals surface area contributed by atoms with Gasteiger partial charge in [0, 0.05) is 17.8 Å². The summed E-state index contributed by atoms with van der Waals surface area (Å²) in [6.45, 7) is 2.38. The number of methoxy groups -OCH3 is 1. The van der Waals surface area contributed by atoms with E-state index in [2.05, 4.69) is 20.6 Å². The van der Waals surface area contributed by atoms with Crippen LogP contribution >= 0.6 is 0 Å². The summed E-state index contributed by atoms with van der Waals surface area (Å²) < 4.78 is 5.49. The standard InChI is InChI=1S/C22H27N7O3/c1-14-9-11-15(12-10-14)25-21-19(29(30)31)20(23)26-22(27-21)24-13-17(28(2)3)16-7-5-6-8-18(16)32-4/h5-12,17H,13H2,1-4H3,(H4,23,24,25,26,27)/t17-/m1/s1. The van der Waals surface area contributed by atoms with Gasteiger partial charge >= 0.3 is 5.69 Å². The molecule has 0 saturated heterocycles. The molecule has 2 aromatic carbocycles. The molecule has 3 rings (SSSR count). The van der Waals surface area contributed by atoms with Crippen LogP contribution < -0.4 is 21.1 Å². The molecular formula is C22H27N7O3. The minimum atomic E-state index is -0.590. The second-order valence-electron chi connectivity index (χ2n) is 7.48. The van der Waals surface area contributed by atoms with Gasteiger partial charge in [-0.2, -0.15) is 9.97 Å². The molecular weight excluding hydrogens is 410 g/mol. The van der Waals surface area contributed by atoms with Crippen molar-refractivity contribution in [3.63, 3.8) is 0 Å². The second kappa shape index (κ2) is 9.92. The lowest BCUT2D eigenvalue weighted by atomic mass is 10.0. The van der Waals surface area contributed by atoms with Crippen LogP contribution in [0.3, 0.4) is 0 Å². The number of nitrogens with one attached hydrogen (secondary N) is 2. The van der Waals surface area contributed by atoms with E-state index in [1.165, 1.54) is 0 Å². The molecule has 0 bridgehead atoms. The Kier molecular flexibility index (Phi) is 7.06. The first-order valence-corrected chi connectivity index (χ1v) is 9.99. The first-order chi connectivity index (χ1) is 15.3. The zero-order valence-electron chi connectivity index (χ0n) is 18.5. The van der Waals surface area contributed by atoms with E-state index in [0.29, 0.717) is 12.2 Å². The molecule has 1 aromatic heterocycles. The first-order valence-electron chi connectivity index (χ1n) is 9.99. The van der Waals surface area contributed by atoms with Crippen LogP contribution in [0.25, 0.3) is 0 Å². The third-order valence-electron chi connectivity index (χ3n) is 4.98. The number of ether oxygens (including phenoxy) is 1. The summed E-state index contributed by atoms with van der Waals surface area (Å²) in [5, 5.41) is 17.7. The van der Waals surface area contributed by atoms with Gasteiger partial charge in [0.25, 0.3) is 0 Å². The van der Waals surface area contributed by atoms with Crippen LogP contribution in [0.4, 0.5) is 29.0 Å². The average Bonchev–Trinajstić information content (AvgIpc) is 2.75. The van der Waals surface area contributed by atoms with Gasteiger partial charge in [-0.1, -0.05) is 35.9 Å². The molecule has 0 aliphatic heterocycles. The van der Waals surface area contributed by atoms with E-state index in [1.54, 1.807) is 7.11 Å². The quantitative estimate of drug-likeness (QED) is 0.338. The van der Waals surface area contributed by atoms with E-state index in [1.807, 2.05) is 74.4 Å². The Morgan fingerprint density at radius 3 is 2.47 bits per heavy atom. The van der Waals surface area contributed by atoms with Crippen molar-refractivity contribution < 1.29 is 9.66 Å². The summed E-state index contributed by atoms with van der Waals surface area (Å²) in [7, 11) is 5.53. The SMILES string of the molecule is COc1ccccc1[C@@H](CNc1nc(N)c([N+](=O)[O-])c(Nc2ccc(C)cc2)n1)N(C)C. The van der Waals surface area contributed by atoms with Crippen molar-refractivity contribution in [1.82, 2.24) is 14.9 Å². The van der Waals surface area contributed by atoms with Crippen molar-refractivity contribution in [3.05, 3.63) is 69.8 Å². The number of hydrogen-bond acceptors (Lipinski definition) is 9. The Morgan fingerprint density at radius 1 is 1.16 bits per heavy atom. The van der Waals surface area contributed by atoms with Crippen molar-refractivity contribution in [3.8, 4) is 5.75 Å². The topological polar surface area (TPSA) is 131 Å². The highest BCUT2D eigenvalue weighted by molar-refractivity contribution is 5.74. The number of anilines is 4. The van der Waals surface area contributed by atoms with Crippen LogP contribution in [0.5, 0.6) is 5.75 Å². The van der Waals surface area contributed by atoms with Crippen LogP contribution in [0.1, 0.15) is 17.2 Å². The minimum Gasteiger partial charge on any atom is -0.496 e. The van der Waals surface area contributed by atoms with E-state index in [0.717, 1.165) is 16.9 Å². The lowest BCUT2D eigenvalue weighted by Gasteiger charge is -2.26. The molecule has 0 fully saturated rings. The molecule has 168 valence electrons. The van der Waals surface area contributed by atoms with E-state index >= 15 is 0 Å². The normalized spacial score (nSPS) is 11.8. The fraction of sp³-hybridized carbons (Fsp3) is 0.273. The highest BCUT2D eigenvalue weighted by atomic mass is 16.6. The Balaban J connectivity index is 1.89. The Labute approximate surface area is 186 Å². The lowest BCUT2D eigenvalue weighted by Crippen LogP contribution is -2.28. The van der Waals surface area contributed by atoms with Crippen molar-refractivity contribution in [2.75, 3.05) is 44.1 Å². The molecule has 10 nitrogen and oxygen atoms in total. The Hall–Kier alpha value is -3.92. The first kappa shape index (κ1) is 22.8. The largest absolute Gasteiger partial charge is 0.496 e. The van der Waals surface area contributed by atoms with Gasteiger partial charge in [-0.05, 0) is 39.2 Å². The van der Waals surface area contributed by atoms with Crippen molar-refractivity contribution >= 4 is 29.0 Å². The molecule has 0 amide bonds. The van der Waals surface area contributed by atoms with Gasteiger partial charge in [-0.3, -0.25) is 10.1 Å². The molecule has 1 atom stereocenters. The summed E-state index contributed by atoms with van der Waals surface area (Å²) in [6, 6.07) is 15.1. The number of likely N-dealkylation sites (N-methyl/N-ethyl adjacent to an activating group) is 1. The van der Waals surface area contributed by atoms with E-state index in [-0.39, 0.29) is 29.3 Å². The molecule has 32 heavy (non-hydrogen) atoms. The number of nitro groups is 1. The summed E-state index contributed by atoms with van der Waals surface area (Å²) in [5.41, 5.74) is 8.26. The monoisotopic (exact) mass is 437 g/mol. The van der Waals surface area contributed by atoms with Crippen LogP contribution in [0.15, 0.2) is 48.5 Å². The fourth-order valence-corrected chi connectivity index (χ4v) is 3.29. The van der Waals surface area contributed by atoms with Gasteiger partial charge in [0.1, 0.15) is 5.75 Å². The molecule has 0 aliphatic carbocycles. The predicted octanol–water partition coefficient (Wildman–Crippen LogP) is 3.74. The van der Waals surface area contributed by atoms with Crippen LogP contribution in [0, 0.1) is 17.0 Å². The van der Waals surface area contributed by atoms with Crippen LogP contribution in [-0.2, 0) is 0 Å². The maximum absolute atomic E-state index is 11.6. The number of aryl methyl sites for hydroxylation is 1. The van der Waals surface area contributed by atoms with Gasteiger partial charge in [0.15, 0.2) is 0 Å². The second-order valence-corrected chi connectivity index (χ2v) is 7.48. The van der Waals surface area contributed by atoms with Crippen molar-refractivity contribution in [2.24, 2.45) is 0 Å². The number of nitrogens with two attached hydrogens (primary N) is 1. The number of nitrogen functional groups attached to an aromatic ring is 1. The van der Waals surface area contributed by atoms with Gasteiger partial charge in [-0.25, -0.2) is 0 Å². The Bertz CT molecular complexity index is 1090. The zero-order chi connectivity index (χ0) is 23.3. The number of hydrogen-bond donors (Lipinski definition) is 3. The summed E-state index contributed by atoms with van der Waals surface area (Å²) in [6.07, 6.45) is 0. The smallest absolute Gasteiger partial charge is 0.353 e. The average molecular weight is 438 g/mol. The molecule has 4 N–H and O–H groups in total. The molecule has 10 heteroatoms. The van der Waals surface area contributed by atoms with Crippen LogP contribution in [0.2, 0.25) is 0 Å². The summed E-state index contributed by atoms with van der Waals surface area (Å²) in [5.74, 6) is 0.747. The molecule has 0 spiro atoms. The zero-order valence-corrected chi connectivity index (χ0v) is 18.5. The van der Waals surface area contributed by atoms with Crippen molar-refractivity contribution in [2.45, 2.75) is 13.0 Å². The Morgan fingerprint density at radius 2 is 1.84 bits per heavy atom. The number of nitrogens with zero attached hydrogens (tertiary/aromatic N) is 4. The fourth-order valence-electron chi connectivity index (χ4n) is 3.29. The number of aromatic nitrogens is 2. The highest BCUT2D eigenvalue weighted by Gasteiger charge is 2.24. The van der Waals surface area contributed by atoms with Crippen LogP contribution in [-0.4, -0.2) is 47.5 Å². The number of benzene rings is 2. The molecule has 1 heterocycles. The summed E-state index contributed by atoms with van der Waals surface area (Å²) in [4.78, 5) is 21.5. The summed E-state index contributed by atoms with van der Waals surface area (Å²) >= 11 is 0.